The van der Waals surface area contributed by atoms with Gasteiger partial charge in [0.25, 0.3) is 0 Å². The van der Waals surface area contributed by atoms with Crippen LogP contribution < -0.4 is 5.26 Å². The van der Waals surface area contributed by atoms with E-state index in [0.717, 1.165) is 0 Å². The summed E-state index contributed by atoms with van der Waals surface area (Å²) in [6.45, 7) is 0. The minimum atomic E-state index is 0. The van der Waals surface area contributed by atoms with E-state index in [-0.39, 0.29) is 17.9 Å². The van der Waals surface area contributed by atoms with Crippen molar-refractivity contribution in [2.75, 3.05) is 0 Å². The Balaban J connectivity index is -0.0000000200. The molecule has 0 aromatic heterocycles. The summed E-state index contributed by atoms with van der Waals surface area (Å²) in [4.78, 5) is 7.88. The lowest BCUT2D eigenvalue weighted by atomic mass is 14.8. The topological polar surface area (TPSA) is 79.9 Å². The van der Waals surface area contributed by atoms with Crippen LogP contribution >= 0.6 is 12.4 Å². The Bertz CT molecular complexity index is 11.1. The molecular formula is HClO4. The van der Waals surface area contributed by atoms with Gasteiger partial charge < -0.3 is 0 Å². The molecule has 0 fully saturated rings. The van der Waals surface area contributed by atoms with Crippen LogP contribution in [0.1, 0.15) is 0 Å². The van der Waals surface area contributed by atoms with Gasteiger partial charge in [0.2, 0.25) is 0 Å². The van der Waals surface area contributed by atoms with Crippen LogP contribution in [0.4, 0.5) is 0 Å². The van der Waals surface area contributed by atoms with Crippen molar-refractivity contribution in [2.24, 2.45) is 0 Å². The molecule has 0 N–H and O–H groups in total. The number of rotatable bonds is 0. The second kappa shape index (κ2) is 60.7. The van der Waals surface area contributed by atoms with Gasteiger partial charge in [0.15, 0.2) is 4.75 Å². The Morgan fingerprint density at radius 3 is 1.60 bits per heavy atom. The zero-order valence-electron chi connectivity index (χ0n) is 2.04. The van der Waals surface area contributed by atoms with E-state index < -0.39 is 0 Å². The van der Waals surface area contributed by atoms with E-state index in [1.54, 1.807) is 4.75 Å². The molecular weight excluding hydrogens is 99.4 g/mol. The molecule has 0 rings (SSSR count). The highest BCUT2D eigenvalue weighted by Crippen LogP contribution is 1.00. The van der Waals surface area contributed by atoms with Gasteiger partial charge in [-0.1, -0.05) is 10.2 Å². The fraction of sp³-hybridized carbons (Fsp3) is 0. The van der Waals surface area contributed by atoms with E-state index in [0.29, 0.717) is 0 Å². The third kappa shape index (κ3) is 81.1. The van der Waals surface area contributed by atoms with Crippen LogP contribution in [-0.2, 0) is 5.48 Å². The molecule has 0 saturated carbocycles. The number of halogens is 1. The van der Waals surface area contributed by atoms with Crippen molar-refractivity contribution in [3.63, 3.8) is 0 Å². The molecule has 2 radical (unpaired) electrons. The molecule has 0 amide bonds. The molecule has 0 spiro atoms. The summed E-state index contributed by atoms with van der Waals surface area (Å²) >= 11 is 0. The highest BCUT2D eigenvalue weighted by Gasteiger charge is 1.27. The molecule has 0 aliphatic rings. The lowest BCUT2D eigenvalue weighted by molar-refractivity contribution is -0.284. The minimum Gasteiger partial charge on any atom is -0.147 e. The highest BCUT2D eigenvalue weighted by atomic mass is 35.5. The van der Waals surface area contributed by atoms with Gasteiger partial charge in [-0.25, -0.2) is 0 Å². The Kier molecular flexibility index (Phi) is 276. The van der Waals surface area contributed by atoms with E-state index in [9.17, 15) is 0 Å². The van der Waals surface area contributed by atoms with E-state index in [1.807, 2.05) is 0 Å². The molecule has 5 heavy (non-hydrogen) atoms. The summed E-state index contributed by atoms with van der Waals surface area (Å²) in [6.07, 6.45) is 0. The van der Waals surface area contributed by atoms with Crippen molar-refractivity contribution >= 4 is 12.4 Å². The van der Waals surface area contributed by atoms with Gasteiger partial charge in [-0.3, -0.25) is 0 Å². The van der Waals surface area contributed by atoms with Gasteiger partial charge in [0.05, 0.1) is 0 Å². The van der Waals surface area contributed by atoms with E-state index in [2.05, 4.69) is 0 Å². The van der Waals surface area contributed by atoms with Crippen LogP contribution in [0.25, 0.3) is 0 Å². The van der Waals surface area contributed by atoms with Crippen LogP contribution in [0.2, 0.25) is 0 Å². The molecule has 0 aliphatic carbocycles. The monoisotopic (exact) mass is 100.0 g/mol. The normalized spacial score (nSPS) is 2.40. The predicted octanol–water partition coefficient (Wildman–Crippen LogP) is -0.819. The Morgan fingerprint density at radius 1 is 1.60 bits per heavy atom. The van der Waals surface area contributed by atoms with Gasteiger partial charge in [-0.05, 0) is 0 Å². The van der Waals surface area contributed by atoms with E-state index >= 15 is 0 Å². The van der Waals surface area contributed by atoms with Crippen molar-refractivity contribution in [3.8, 4) is 0 Å². The third-order valence-electron chi connectivity index (χ3n) is 0. The molecule has 32 valence electrons. The number of hydrogen-bond donors (Lipinski definition) is 0. The van der Waals surface area contributed by atoms with Crippen LogP contribution in [0.15, 0.2) is 0 Å². The maximum Gasteiger partial charge on any atom is 0.154 e. The average Bonchev–Trinajstić information content (AvgIpc) is 0.918. The van der Waals surface area contributed by atoms with Crippen molar-refractivity contribution in [1.29, 1.82) is 0 Å². The molecule has 0 aromatic carbocycles. The highest BCUT2D eigenvalue weighted by molar-refractivity contribution is 5.85. The molecule has 0 atom stereocenters. The molecule has 5 heteroatoms. The van der Waals surface area contributed by atoms with Gasteiger partial charge >= 0.3 is 0 Å². The first-order valence-corrected chi connectivity index (χ1v) is 0.333. The zero-order valence-corrected chi connectivity index (χ0v) is 2.86. The summed E-state index contributed by atoms with van der Waals surface area (Å²) in [6, 6.07) is 0. The molecule has 0 aromatic rings. The summed E-state index contributed by atoms with van der Waals surface area (Å²) in [5.74, 6) is 0. The third-order valence-corrected chi connectivity index (χ3v) is 0. The summed E-state index contributed by atoms with van der Waals surface area (Å²) < 4.78 is 1.75. The number of hydrogen-bond acceptors (Lipinski definition) is 2. The second-order valence-corrected chi connectivity index (χ2v) is 0.0680. The van der Waals surface area contributed by atoms with Crippen molar-refractivity contribution in [1.82, 2.24) is 0 Å². The summed E-state index contributed by atoms with van der Waals surface area (Å²) in [5, 5.41) is 7.88. The van der Waals surface area contributed by atoms with Crippen molar-refractivity contribution in [2.45, 2.75) is 0 Å². The van der Waals surface area contributed by atoms with Gasteiger partial charge in [0, 0.05) is 5.48 Å². The largest absolute Gasteiger partial charge is 0.154 e. The molecule has 0 heterocycles. The summed E-state index contributed by atoms with van der Waals surface area (Å²) in [5.41, 5.74) is 0. The van der Waals surface area contributed by atoms with Crippen LogP contribution in [0, 0.1) is 9.71 Å². The average molecular weight is 100 g/mol. The first-order chi connectivity index (χ1) is 1.41. The Morgan fingerprint density at radius 2 is 1.60 bits per heavy atom. The molecule has 4 nitrogen and oxygen atoms in total. The standard InChI is InChI=1S/ClH.O3.O/c;1-3-2;/h1H;;. The summed E-state index contributed by atoms with van der Waals surface area (Å²) in [7, 11) is 0. The zero-order chi connectivity index (χ0) is 2.71. The first kappa shape index (κ1) is 22.8. The minimum absolute atomic E-state index is 0. The smallest absolute Gasteiger partial charge is 0.147 e. The van der Waals surface area contributed by atoms with Crippen LogP contribution in [0.3, 0.4) is 0 Å². The van der Waals surface area contributed by atoms with Crippen molar-refractivity contribution < 1.29 is 10.7 Å². The second-order valence-electron chi connectivity index (χ2n) is 0.0680. The molecule has 0 unspecified atom stereocenters. The maximum atomic E-state index is 7.88. The van der Waals surface area contributed by atoms with Gasteiger partial charge in [0.1, 0.15) is 0 Å². The lowest BCUT2D eigenvalue weighted by Gasteiger charge is -1.19. The van der Waals surface area contributed by atoms with Gasteiger partial charge in [-0.15, -0.1) is 12.4 Å². The fourth-order valence-corrected chi connectivity index (χ4v) is 0. The Labute approximate surface area is 34.0 Å². The van der Waals surface area contributed by atoms with E-state index in [1.165, 1.54) is 0 Å². The maximum absolute atomic E-state index is 7.88. The van der Waals surface area contributed by atoms with Crippen LogP contribution in [0.5, 0.6) is 0 Å². The quantitative estimate of drug-likeness (QED) is 0.226. The Hall–Kier alpha value is -0.350. The molecule has 0 aliphatic heterocycles. The van der Waals surface area contributed by atoms with Gasteiger partial charge in [-0.2, -0.15) is 0 Å². The fourth-order valence-electron chi connectivity index (χ4n) is 0. The predicted molar refractivity (Wildman–Crippen MR) is 14.7 cm³/mol. The molecule has 0 bridgehead atoms. The first-order valence-electron chi connectivity index (χ1n) is 0.333. The van der Waals surface area contributed by atoms with Crippen LogP contribution in [-0.4, -0.2) is 0 Å². The van der Waals surface area contributed by atoms with E-state index in [4.69, 9.17) is 10.2 Å². The lowest BCUT2D eigenvalue weighted by Crippen LogP contribution is -1.82. The van der Waals surface area contributed by atoms with Crippen molar-refractivity contribution in [3.05, 3.63) is 9.71 Å². The SMILES string of the molecule is Cl.O=[O+][O-].[O]. The molecule has 0 saturated heterocycles.